The monoisotopic (exact) mass is 363 g/mol. The fourth-order valence-corrected chi connectivity index (χ4v) is 5.29. The average molecular weight is 364 g/mol. The van der Waals surface area contributed by atoms with E-state index in [1.54, 1.807) is 0 Å². The van der Waals surface area contributed by atoms with Crippen molar-refractivity contribution in [2.75, 3.05) is 0 Å². The van der Waals surface area contributed by atoms with E-state index < -0.39 is 0 Å². The lowest BCUT2D eigenvalue weighted by molar-refractivity contribution is 0.229. The van der Waals surface area contributed by atoms with Crippen molar-refractivity contribution in [3.05, 3.63) is 77.0 Å². The highest BCUT2D eigenvalue weighted by molar-refractivity contribution is 6.30. The van der Waals surface area contributed by atoms with Gasteiger partial charge in [0.15, 0.2) is 0 Å². The molecule has 1 heterocycles. The quantitative estimate of drug-likeness (QED) is 0.518. The maximum absolute atomic E-state index is 6.12. The molecule has 0 saturated heterocycles. The summed E-state index contributed by atoms with van der Waals surface area (Å²) in [7, 11) is 0. The molecule has 0 amide bonds. The zero-order valence-electron chi connectivity index (χ0n) is 14.6. The predicted octanol–water partition coefficient (Wildman–Crippen LogP) is 6.68. The topological polar surface area (TPSA) is 26.0 Å². The van der Waals surface area contributed by atoms with Crippen LogP contribution in [0.15, 0.2) is 65.2 Å². The van der Waals surface area contributed by atoms with Crippen LogP contribution in [-0.4, -0.2) is 5.16 Å². The number of nitrogens with zero attached hydrogens (tertiary/aromatic N) is 1. The molecular weight excluding hydrogens is 342 g/mol. The first-order valence-electron chi connectivity index (χ1n) is 9.55. The van der Waals surface area contributed by atoms with E-state index in [9.17, 15) is 0 Å². The van der Waals surface area contributed by atoms with Crippen molar-refractivity contribution in [3.63, 3.8) is 0 Å². The van der Waals surface area contributed by atoms with Crippen molar-refractivity contribution in [1.29, 1.82) is 0 Å². The van der Waals surface area contributed by atoms with Gasteiger partial charge in [-0.2, -0.15) is 0 Å². The number of benzene rings is 2. The molecule has 132 valence electrons. The Kier molecular flexibility index (Phi) is 4.09. The molecule has 4 atom stereocenters. The third-order valence-electron chi connectivity index (χ3n) is 6.34. The smallest absolute Gasteiger partial charge is 0.141 e. The van der Waals surface area contributed by atoms with Crippen LogP contribution >= 0.6 is 11.6 Å². The van der Waals surface area contributed by atoms with E-state index in [4.69, 9.17) is 16.1 Å². The minimum Gasteiger partial charge on any atom is -0.360 e. The van der Waals surface area contributed by atoms with Crippen LogP contribution in [0.4, 0.5) is 0 Å². The van der Waals surface area contributed by atoms with Gasteiger partial charge in [0.2, 0.25) is 0 Å². The van der Waals surface area contributed by atoms with Crippen LogP contribution in [-0.2, 0) is 0 Å². The first-order valence-corrected chi connectivity index (χ1v) is 9.93. The van der Waals surface area contributed by atoms with Crippen LogP contribution < -0.4 is 0 Å². The molecule has 2 fully saturated rings. The van der Waals surface area contributed by atoms with E-state index in [1.165, 1.54) is 31.2 Å². The van der Waals surface area contributed by atoms with E-state index in [2.05, 4.69) is 35.5 Å². The highest BCUT2D eigenvalue weighted by Gasteiger charge is 2.44. The Hall–Kier alpha value is -2.06. The summed E-state index contributed by atoms with van der Waals surface area (Å²) in [6.07, 6.45) is 5.23. The first kappa shape index (κ1) is 16.1. The Morgan fingerprint density at radius 2 is 1.73 bits per heavy atom. The van der Waals surface area contributed by atoms with Crippen molar-refractivity contribution >= 4 is 11.6 Å². The summed E-state index contributed by atoms with van der Waals surface area (Å²) in [5.41, 5.74) is 3.44. The lowest BCUT2D eigenvalue weighted by atomic mass is 9.68. The van der Waals surface area contributed by atoms with Crippen molar-refractivity contribution in [2.24, 2.45) is 11.8 Å². The van der Waals surface area contributed by atoms with Gasteiger partial charge in [-0.15, -0.1) is 0 Å². The SMILES string of the molecule is Clc1ccc([C@H]2C[C@H]3CC[C@H](C3)[C@H]2c2cc(-c3ccccc3)no2)cc1. The minimum absolute atomic E-state index is 0.417. The molecule has 5 rings (SSSR count). The number of fused-ring (bicyclic) bond motifs is 2. The Morgan fingerprint density at radius 3 is 2.54 bits per heavy atom. The number of halogens is 1. The summed E-state index contributed by atoms with van der Waals surface area (Å²) >= 11 is 6.12. The van der Waals surface area contributed by atoms with E-state index in [0.29, 0.717) is 17.8 Å². The summed E-state index contributed by atoms with van der Waals surface area (Å²) < 4.78 is 5.91. The van der Waals surface area contributed by atoms with Gasteiger partial charge in [0.05, 0.1) is 0 Å². The second-order valence-corrected chi connectivity index (χ2v) is 8.28. The third-order valence-corrected chi connectivity index (χ3v) is 6.59. The third kappa shape index (κ3) is 2.87. The number of hydrogen-bond donors (Lipinski definition) is 0. The van der Waals surface area contributed by atoms with Crippen molar-refractivity contribution in [1.82, 2.24) is 5.16 Å². The molecule has 0 N–H and O–H groups in total. The zero-order valence-corrected chi connectivity index (χ0v) is 15.4. The summed E-state index contributed by atoms with van der Waals surface area (Å²) in [5, 5.41) is 5.19. The van der Waals surface area contributed by atoms with Crippen molar-refractivity contribution in [2.45, 2.75) is 37.5 Å². The summed E-state index contributed by atoms with van der Waals surface area (Å²) in [5.74, 6) is 3.52. The largest absolute Gasteiger partial charge is 0.360 e. The molecule has 3 heteroatoms. The molecule has 2 aromatic carbocycles. The molecule has 0 unspecified atom stereocenters. The van der Waals surface area contributed by atoms with E-state index >= 15 is 0 Å². The maximum Gasteiger partial charge on any atom is 0.141 e. The normalized spacial score (nSPS) is 27.6. The van der Waals surface area contributed by atoms with E-state index in [-0.39, 0.29) is 0 Å². The van der Waals surface area contributed by atoms with Gasteiger partial charge in [0.25, 0.3) is 0 Å². The van der Waals surface area contributed by atoms with Crippen LogP contribution in [0.3, 0.4) is 0 Å². The molecule has 2 aliphatic rings. The van der Waals surface area contributed by atoms with Crippen LogP contribution in [0.5, 0.6) is 0 Å². The van der Waals surface area contributed by atoms with Crippen molar-refractivity contribution < 1.29 is 4.52 Å². The molecule has 2 nitrogen and oxygen atoms in total. The van der Waals surface area contributed by atoms with Gasteiger partial charge in [-0.05, 0) is 54.7 Å². The average Bonchev–Trinajstić information content (AvgIpc) is 3.31. The van der Waals surface area contributed by atoms with Gasteiger partial charge in [0.1, 0.15) is 11.5 Å². The number of hydrogen-bond acceptors (Lipinski definition) is 2. The molecule has 2 saturated carbocycles. The van der Waals surface area contributed by atoms with Gasteiger partial charge < -0.3 is 4.52 Å². The molecule has 3 aromatic rings. The maximum atomic E-state index is 6.12. The standard InChI is InChI=1S/C23H22ClNO/c24-19-10-8-16(9-11-19)20-13-15-6-7-18(12-15)23(20)22-14-21(25-26-22)17-4-2-1-3-5-17/h1-5,8-11,14-15,18,20,23H,6-7,12-13H2/t15-,18+,20+,23+/m0/s1. The molecule has 26 heavy (non-hydrogen) atoms. The Bertz CT molecular complexity index is 886. The van der Waals surface area contributed by atoms with Crippen LogP contribution in [0.1, 0.15) is 48.8 Å². The predicted molar refractivity (Wildman–Crippen MR) is 104 cm³/mol. The van der Waals surface area contributed by atoms with Gasteiger partial charge in [0, 0.05) is 22.6 Å². The molecular formula is C23H22ClNO. The van der Waals surface area contributed by atoms with Crippen LogP contribution in [0, 0.1) is 11.8 Å². The first-order chi connectivity index (χ1) is 12.8. The highest BCUT2D eigenvalue weighted by Crippen LogP contribution is 2.56. The molecule has 1 aromatic heterocycles. The Balaban J connectivity index is 1.52. The molecule has 0 radical (unpaired) electrons. The summed E-state index contributed by atoms with van der Waals surface area (Å²) in [6, 6.07) is 20.9. The van der Waals surface area contributed by atoms with Crippen LogP contribution in [0.2, 0.25) is 5.02 Å². The summed E-state index contributed by atoms with van der Waals surface area (Å²) in [6.45, 7) is 0. The molecule has 0 spiro atoms. The van der Waals surface area contributed by atoms with Crippen molar-refractivity contribution in [3.8, 4) is 11.3 Å². The second-order valence-electron chi connectivity index (χ2n) is 7.84. The van der Waals surface area contributed by atoms with E-state index in [0.717, 1.165) is 28.0 Å². The fourth-order valence-electron chi connectivity index (χ4n) is 5.16. The lowest BCUT2D eigenvalue weighted by Gasteiger charge is -2.35. The van der Waals surface area contributed by atoms with Gasteiger partial charge >= 0.3 is 0 Å². The second kappa shape index (κ2) is 6.59. The molecule has 0 aliphatic heterocycles. The fraction of sp³-hybridized carbons (Fsp3) is 0.348. The van der Waals surface area contributed by atoms with Gasteiger partial charge in [-0.1, -0.05) is 65.6 Å². The highest BCUT2D eigenvalue weighted by atomic mass is 35.5. The van der Waals surface area contributed by atoms with Gasteiger partial charge in [-0.25, -0.2) is 0 Å². The van der Waals surface area contributed by atoms with Gasteiger partial charge in [-0.3, -0.25) is 0 Å². The Morgan fingerprint density at radius 1 is 0.923 bits per heavy atom. The number of aromatic nitrogens is 1. The molecule has 2 aliphatic carbocycles. The Labute approximate surface area is 159 Å². The van der Waals surface area contributed by atoms with E-state index in [1.807, 2.05) is 30.3 Å². The summed E-state index contributed by atoms with van der Waals surface area (Å²) in [4.78, 5) is 0. The van der Waals surface area contributed by atoms with Crippen LogP contribution in [0.25, 0.3) is 11.3 Å². The number of rotatable bonds is 3. The zero-order chi connectivity index (χ0) is 17.5. The minimum atomic E-state index is 0.417. The molecule has 2 bridgehead atoms. The lowest BCUT2D eigenvalue weighted by Crippen LogP contribution is -2.24.